The Balaban J connectivity index is 1.79. The number of benzene rings is 2. The number of nitrogens with one attached hydrogen (secondary N) is 1. The van der Waals surface area contributed by atoms with Gasteiger partial charge in [0, 0.05) is 22.9 Å². The van der Waals surface area contributed by atoms with Crippen molar-refractivity contribution in [1.82, 2.24) is 5.32 Å². The number of ether oxygens (including phenoxy) is 4. The van der Waals surface area contributed by atoms with Crippen LogP contribution in [0.3, 0.4) is 0 Å². The second-order valence-electron chi connectivity index (χ2n) is 9.44. The summed E-state index contributed by atoms with van der Waals surface area (Å²) >= 11 is 0. The number of hydrogen-bond donors (Lipinski definition) is 1. The Morgan fingerprint density at radius 2 is 1.79 bits per heavy atom. The van der Waals surface area contributed by atoms with Gasteiger partial charge in [0.2, 0.25) is 0 Å². The fourth-order valence-corrected chi connectivity index (χ4v) is 5.21. The summed E-state index contributed by atoms with van der Waals surface area (Å²) in [4.78, 5) is 39.6. The van der Waals surface area contributed by atoms with E-state index in [4.69, 9.17) is 18.9 Å². The van der Waals surface area contributed by atoms with E-state index in [0.29, 0.717) is 52.6 Å². The maximum Gasteiger partial charge on any atom is 0.336 e. The molecule has 1 aliphatic carbocycles. The zero-order valence-electron chi connectivity index (χ0n) is 22.3. The molecule has 0 bridgehead atoms. The molecule has 2 aliphatic rings. The summed E-state index contributed by atoms with van der Waals surface area (Å²) < 4.78 is 22.0. The van der Waals surface area contributed by atoms with Crippen molar-refractivity contribution in [2.24, 2.45) is 11.8 Å². The Hall–Kier alpha value is -4.07. The highest BCUT2D eigenvalue weighted by Gasteiger charge is 2.47. The third-order valence-electron chi connectivity index (χ3n) is 7.00. The van der Waals surface area contributed by atoms with Gasteiger partial charge in [-0.2, -0.15) is 0 Å². The first-order valence-electron chi connectivity index (χ1n) is 12.6. The fourth-order valence-electron chi connectivity index (χ4n) is 5.21. The van der Waals surface area contributed by atoms with Crippen LogP contribution >= 0.6 is 0 Å². The van der Waals surface area contributed by atoms with Crippen LogP contribution < -0.4 is 14.8 Å². The third kappa shape index (κ3) is 5.16. The van der Waals surface area contributed by atoms with E-state index in [1.807, 2.05) is 43.3 Å². The van der Waals surface area contributed by atoms with Crippen molar-refractivity contribution in [3.05, 3.63) is 82.2 Å². The molecule has 38 heavy (non-hydrogen) atoms. The zero-order valence-corrected chi connectivity index (χ0v) is 22.3. The first kappa shape index (κ1) is 27.0. The zero-order chi connectivity index (χ0) is 27.4. The Labute approximate surface area is 222 Å². The summed E-state index contributed by atoms with van der Waals surface area (Å²) in [5.41, 5.74) is 3.64. The van der Waals surface area contributed by atoms with Gasteiger partial charge in [0.25, 0.3) is 0 Å². The van der Waals surface area contributed by atoms with E-state index in [9.17, 15) is 14.4 Å². The fraction of sp³-hybridized carbons (Fsp3) is 0.367. The number of carbonyl (C=O) groups is 3. The molecule has 0 spiro atoms. The average molecular weight is 520 g/mol. The van der Waals surface area contributed by atoms with E-state index in [0.717, 1.165) is 5.56 Å². The molecule has 0 saturated heterocycles. The highest BCUT2D eigenvalue weighted by atomic mass is 16.5. The van der Waals surface area contributed by atoms with Crippen molar-refractivity contribution in [2.45, 2.75) is 39.7 Å². The monoisotopic (exact) mass is 519 g/mol. The van der Waals surface area contributed by atoms with E-state index < -0.39 is 23.8 Å². The minimum atomic E-state index is -0.958. The average Bonchev–Trinajstić information content (AvgIpc) is 2.91. The molecule has 2 aromatic rings. The molecule has 0 fully saturated rings. The second kappa shape index (κ2) is 11.5. The number of methoxy groups -OCH3 is 2. The lowest BCUT2D eigenvalue weighted by molar-refractivity contribution is -0.151. The van der Waals surface area contributed by atoms with Crippen LogP contribution in [0.2, 0.25) is 0 Å². The molecule has 0 unspecified atom stereocenters. The van der Waals surface area contributed by atoms with Crippen molar-refractivity contribution in [3.8, 4) is 11.5 Å². The summed E-state index contributed by atoms with van der Waals surface area (Å²) in [5, 5.41) is 3.25. The summed E-state index contributed by atoms with van der Waals surface area (Å²) in [7, 11) is 2.81. The van der Waals surface area contributed by atoms with Crippen LogP contribution in [0.25, 0.3) is 0 Å². The van der Waals surface area contributed by atoms with Crippen molar-refractivity contribution >= 4 is 17.7 Å². The number of hydrogen-bond acceptors (Lipinski definition) is 8. The minimum absolute atomic E-state index is 0.180. The molecule has 0 radical (unpaired) electrons. The number of allylic oxidation sites excluding steroid dienone is 3. The van der Waals surface area contributed by atoms with Gasteiger partial charge in [-0.3, -0.25) is 9.59 Å². The van der Waals surface area contributed by atoms with Gasteiger partial charge < -0.3 is 24.3 Å². The predicted octanol–water partition coefficient (Wildman–Crippen LogP) is 4.45. The Bertz CT molecular complexity index is 1290. The lowest BCUT2D eigenvalue weighted by Gasteiger charge is -2.38. The molecule has 8 heteroatoms. The van der Waals surface area contributed by atoms with E-state index in [2.05, 4.69) is 5.32 Å². The summed E-state index contributed by atoms with van der Waals surface area (Å²) in [6.07, 6.45) is 0.459. The van der Waals surface area contributed by atoms with E-state index in [-0.39, 0.29) is 18.3 Å². The third-order valence-corrected chi connectivity index (χ3v) is 7.00. The normalized spacial score (nSPS) is 20.9. The van der Waals surface area contributed by atoms with Crippen LogP contribution in [0.4, 0.5) is 0 Å². The molecule has 1 N–H and O–H groups in total. The summed E-state index contributed by atoms with van der Waals surface area (Å²) in [6, 6.07) is 15.1. The molecule has 200 valence electrons. The van der Waals surface area contributed by atoms with E-state index in [1.54, 1.807) is 26.0 Å². The van der Waals surface area contributed by atoms with Gasteiger partial charge in [0.1, 0.15) is 12.5 Å². The van der Waals surface area contributed by atoms with Crippen LogP contribution in [0, 0.1) is 11.8 Å². The maximum atomic E-state index is 13.8. The van der Waals surface area contributed by atoms with Gasteiger partial charge in [-0.05, 0) is 49.4 Å². The molecule has 0 amide bonds. The molecule has 0 aromatic heterocycles. The number of ketones is 1. The van der Waals surface area contributed by atoms with Gasteiger partial charge in [0.15, 0.2) is 17.3 Å². The van der Waals surface area contributed by atoms with Gasteiger partial charge in [-0.1, -0.05) is 43.3 Å². The molecular formula is C30H33NO7. The molecule has 1 aliphatic heterocycles. The van der Waals surface area contributed by atoms with Crippen molar-refractivity contribution in [3.63, 3.8) is 0 Å². The van der Waals surface area contributed by atoms with E-state index >= 15 is 0 Å². The van der Waals surface area contributed by atoms with Crippen LogP contribution in [0.15, 0.2) is 71.1 Å². The van der Waals surface area contributed by atoms with Gasteiger partial charge in [0.05, 0.1) is 26.4 Å². The number of dihydropyridines is 1. The molecule has 8 nitrogen and oxygen atoms in total. The Morgan fingerprint density at radius 1 is 1.05 bits per heavy atom. The van der Waals surface area contributed by atoms with Gasteiger partial charge in [-0.25, -0.2) is 4.79 Å². The smallest absolute Gasteiger partial charge is 0.336 e. The predicted molar refractivity (Wildman–Crippen MR) is 140 cm³/mol. The van der Waals surface area contributed by atoms with Crippen LogP contribution in [0.5, 0.6) is 11.5 Å². The second-order valence-corrected chi connectivity index (χ2v) is 9.44. The lowest BCUT2D eigenvalue weighted by Crippen LogP contribution is -2.43. The van der Waals surface area contributed by atoms with Gasteiger partial charge >= 0.3 is 11.9 Å². The van der Waals surface area contributed by atoms with Crippen molar-refractivity contribution in [1.29, 1.82) is 0 Å². The maximum absolute atomic E-state index is 13.8. The van der Waals surface area contributed by atoms with Crippen molar-refractivity contribution < 1.29 is 33.3 Å². The SMILES string of the molecule is CCOC(=O)C1=C(C)NC2=C(C(=O)[C@H](C(=O)OC)[C@H](C)C2)[C@H]1c1ccc(OCc2ccccc2)c(OC)c1. The number of rotatable bonds is 8. The van der Waals surface area contributed by atoms with E-state index in [1.165, 1.54) is 14.2 Å². The lowest BCUT2D eigenvalue weighted by atomic mass is 9.69. The molecule has 2 aromatic carbocycles. The van der Waals surface area contributed by atoms with Gasteiger partial charge in [-0.15, -0.1) is 0 Å². The quantitative estimate of drug-likeness (QED) is 0.403. The molecule has 4 rings (SSSR count). The Morgan fingerprint density at radius 3 is 2.45 bits per heavy atom. The molecule has 0 saturated carbocycles. The van der Waals surface area contributed by atoms with Crippen LogP contribution in [-0.2, 0) is 30.5 Å². The number of esters is 2. The largest absolute Gasteiger partial charge is 0.493 e. The first-order chi connectivity index (χ1) is 18.3. The number of Topliss-reactive ketones (excluding diaryl/α,β-unsaturated/α-hetero) is 1. The minimum Gasteiger partial charge on any atom is -0.493 e. The summed E-state index contributed by atoms with van der Waals surface area (Å²) in [5.74, 6) is -2.46. The molecule has 3 atom stereocenters. The van der Waals surface area contributed by atoms with Crippen LogP contribution in [0.1, 0.15) is 44.2 Å². The number of carbonyl (C=O) groups excluding carboxylic acids is 3. The molecule has 1 heterocycles. The van der Waals surface area contributed by atoms with Crippen LogP contribution in [-0.4, -0.2) is 38.5 Å². The summed E-state index contributed by atoms with van der Waals surface area (Å²) in [6.45, 7) is 5.90. The standard InChI is InChI=1S/C30H33NO7/c1-6-37-30(34)25-18(3)31-21-14-17(2)24(29(33)36-5)28(32)27(21)26(25)20-12-13-22(23(15-20)35-4)38-16-19-10-8-7-9-11-19/h7-13,15,17,24,26,31H,6,14,16H2,1-5H3/t17-,24-,26+/m1/s1. The Kier molecular flexibility index (Phi) is 8.20. The highest BCUT2D eigenvalue weighted by molar-refractivity contribution is 6.12. The topological polar surface area (TPSA) is 100 Å². The first-order valence-corrected chi connectivity index (χ1v) is 12.6. The van der Waals surface area contributed by atoms with Crippen molar-refractivity contribution in [2.75, 3.05) is 20.8 Å². The highest BCUT2D eigenvalue weighted by Crippen LogP contribution is 2.46. The molecular weight excluding hydrogens is 486 g/mol.